The number of aromatic amines is 1. The fourth-order valence-electron chi connectivity index (χ4n) is 3.12. The molecule has 0 bridgehead atoms. The van der Waals surface area contributed by atoms with Crippen molar-refractivity contribution in [3.63, 3.8) is 0 Å². The van der Waals surface area contributed by atoms with E-state index in [1.807, 2.05) is 31.2 Å². The number of H-pyrrole nitrogens is 1. The van der Waals surface area contributed by atoms with Gasteiger partial charge in [0.25, 0.3) is 5.91 Å². The Balaban J connectivity index is 1.34. The fourth-order valence-corrected chi connectivity index (χ4v) is 3.35. The smallest absolute Gasteiger partial charge is 0.269 e. The molecule has 166 valence electrons. The van der Waals surface area contributed by atoms with Crippen LogP contribution >= 0.6 is 12.2 Å². The first-order valence-electron chi connectivity index (χ1n) is 9.92. The number of amides is 2. The van der Waals surface area contributed by atoms with Gasteiger partial charge >= 0.3 is 0 Å². The van der Waals surface area contributed by atoms with Crippen molar-refractivity contribution in [3.05, 3.63) is 52.8 Å². The van der Waals surface area contributed by atoms with Gasteiger partial charge in [0, 0.05) is 24.1 Å². The number of nitrogens with one attached hydrogen (secondary N) is 3. The Kier molecular flexibility index (Phi) is 6.36. The molecule has 32 heavy (non-hydrogen) atoms. The molecule has 0 radical (unpaired) electrons. The van der Waals surface area contributed by atoms with Gasteiger partial charge in [0.15, 0.2) is 22.1 Å². The van der Waals surface area contributed by atoms with Crippen molar-refractivity contribution in [2.24, 2.45) is 0 Å². The second-order valence-corrected chi connectivity index (χ2v) is 7.17. The third-order valence-electron chi connectivity index (χ3n) is 4.69. The van der Waals surface area contributed by atoms with Gasteiger partial charge in [-0.1, -0.05) is 0 Å². The number of hydrogen-bond acceptors (Lipinski definition) is 7. The van der Waals surface area contributed by atoms with Gasteiger partial charge in [-0.25, -0.2) is 0 Å². The summed E-state index contributed by atoms with van der Waals surface area (Å²) in [6, 6.07) is 12.2. The quantitative estimate of drug-likeness (QED) is 0.370. The summed E-state index contributed by atoms with van der Waals surface area (Å²) in [5.41, 5.74) is 5.97. The normalized spacial score (nSPS) is 11.8. The van der Waals surface area contributed by atoms with Gasteiger partial charge < -0.3 is 14.2 Å². The van der Waals surface area contributed by atoms with Crippen LogP contribution in [0.3, 0.4) is 0 Å². The standard InChI is InChI=1S/C21H21N5O5S/c1-2-29-15-6-3-13(4-7-15)19-23-25-21(32)26(19)10-9-18(27)22-24-20(28)14-5-8-16-17(11-14)31-12-30-16/h3-8,11H,2,9-10,12H2,1H3,(H,22,27)(H,24,28)(H,25,32). The lowest BCUT2D eigenvalue weighted by atomic mass is 10.2. The van der Waals surface area contributed by atoms with Crippen molar-refractivity contribution >= 4 is 24.0 Å². The Morgan fingerprint density at radius 2 is 1.94 bits per heavy atom. The van der Waals surface area contributed by atoms with Crippen LogP contribution in [0, 0.1) is 4.77 Å². The van der Waals surface area contributed by atoms with Crippen molar-refractivity contribution in [1.82, 2.24) is 25.6 Å². The average molecular weight is 455 g/mol. The molecule has 4 rings (SSSR count). The Bertz CT molecular complexity index is 1190. The SMILES string of the molecule is CCOc1ccc(-c2n[nH]c(=S)n2CCC(=O)NNC(=O)c2ccc3c(c2)OCO3)cc1. The van der Waals surface area contributed by atoms with E-state index in [9.17, 15) is 9.59 Å². The Labute approximate surface area is 188 Å². The van der Waals surface area contributed by atoms with Crippen LogP contribution in [0.5, 0.6) is 17.2 Å². The van der Waals surface area contributed by atoms with Crippen LogP contribution in [0.4, 0.5) is 0 Å². The number of hydrogen-bond donors (Lipinski definition) is 3. The number of carbonyl (C=O) groups is 2. The Morgan fingerprint density at radius 3 is 2.72 bits per heavy atom. The molecule has 3 aromatic rings. The van der Waals surface area contributed by atoms with E-state index in [1.165, 1.54) is 0 Å². The summed E-state index contributed by atoms with van der Waals surface area (Å²) in [5.74, 6) is 1.59. The number of rotatable bonds is 7. The van der Waals surface area contributed by atoms with Gasteiger partial charge in [-0.15, -0.1) is 0 Å². The second kappa shape index (κ2) is 9.52. The molecular formula is C21H21N5O5S. The van der Waals surface area contributed by atoms with E-state index in [0.717, 1.165) is 11.3 Å². The average Bonchev–Trinajstić information content (AvgIpc) is 3.42. The Hall–Kier alpha value is -3.86. The maximum atomic E-state index is 12.3. The minimum absolute atomic E-state index is 0.0826. The lowest BCUT2D eigenvalue weighted by molar-refractivity contribution is -0.122. The number of hydrazine groups is 1. The summed E-state index contributed by atoms with van der Waals surface area (Å²) in [6.07, 6.45) is 0.0826. The zero-order chi connectivity index (χ0) is 22.5. The summed E-state index contributed by atoms with van der Waals surface area (Å²) < 4.78 is 18.0. The first-order valence-corrected chi connectivity index (χ1v) is 10.3. The van der Waals surface area contributed by atoms with E-state index >= 15 is 0 Å². The van der Waals surface area contributed by atoms with E-state index in [4.69, 9.17) is 26.4 Å². The van der Waals surface area contributed by atoms with Gasteiger partial charge in [-0.2, -0.15) is 5.10 Å². The first-order chi connectivity index (χ1) is 15.5. The number of benzene rings is 2. The number of nitrogens with zero attached hydrogens (tertiary/aromatic N) is 2. The molecule has 0 aliphatic carbocycles. The molecule has 2 heterocycles. The van der Waals surface area contributed by atoms with Crippen LogP contribution in [-0.2, 0) is 11.3 Å². The molecule has 3 N–H and O–H groups in total. The number of aromatic nitrogens is 3. The molecule has 1 aliphatic rings. The molecule has 2 aromatic carbocycles. The van der Waals surface area contributed by atoms with E-state index in [-0.39, 0.29) is 25.7 Å². The predicted molar refractivity (Wildman–Crippen MR) is 117 cm³/mol. The fraction of sp³-hybridized carbons (Fsp3) is 0.238. The highest BCUT2D eigenvalue weighted by Gasteiger charge is 2.17. The van der Waals surface area contributed by atoms with E-state index in [0.29, 0.717) is 34.3 Å². The lowest BCUT2D eigenvalue weighted by Gasteiger charge is -2.10. The highest BCUT2D eigenvalue weighted by Crippen LogP contribution is 2.32. The Morgan fingerprint density at radius 1 is 1.16 bits per heavy atom. The molecule has 0 saturated heterocycles. The highest BCUT2D eigenvalue weighted by molar-refractivity contribution is 7.71. The molecule has 11 heteroatoms. The largest absolute Gasteiger partial charge is 0.494 e. The molecule has 0 unspecified atom stereocenters. The van der Waals surface area contributed by atoms with Crippen molar-refractivity contribution in [2.45, 2.75) is 19.9 Å². The number of fused-ring (bicyclic) bond motifs is 1. The van der Waals surface area contributed by atoms with Crippen molar-refractivity contribution in [1.29, 1.82) is 0 Å². The third kappa shape index (κ3) is 4.72. The topological polar surface area (TPSA) is 120 Å². The summed E-state index contributed by atoms with van der Waals surface area (Å²) in [7, 11) is 0. The van der Waals surface area contributed by atoms with Gasteiger partial charge in [0.05, 0.1) is 6.61 Å². The van der Waals surface area contributed by atoms with Crippen LogP contribution < -0.4 is 25.1 Å². The molecule has 0 spiro atoms. The first kappa shape index (κ1) is 21.4. The van der Waals surface area contributed by atoms with Gasteiger partial charge in [-0.3, -0.25) is 30.1 Å². The van der Waals surface area contributed by atoms with Crippen molar-refractivity contribution in [3.8, 4) is 28.6 Å². The maximum Gasteiger partial charge on any atom is 0.269 e. The molecule has 10 nitrogen and oxygen atoms in total. The molecule has 0 fully saturated rings. The predicted octanol–water partition coefficient (Wildman–Crippen LogP) is 2.59. The zero-order valence-corrected chi connectivity index (χ0v) is 18.0. The molecular weight excluding hydrogens is 434 g/mol. The van der Waals surface area contributed by atoms with Crippen LogP contribution in [0.15, 0.2) is 42.5 Å². The van der Waals surface area contributed by atoms with Gasteiger partial charge in [-0.05, 0) is 61.6 Å². The summed E-state index contributed by atoms with van der Waals surface area (Å²) in [6.45, 7) is 2.90. The van der Waals surface area contributed by atoms with E-state index in [2.05, 4.69) is 21.0 Å². The van der Waals surface area contributed by atoms with Crippen molar-refractivity contribution in [2.75, 3.05) is 13.4 Å². The van der Waals surface area contributed by atoms with E-state index in [1.54, 1.807) is 22.8 Å². The summed E-state index contributed by atoms with van der Waals surface area (Å²) in [5, 5.41) is 7.02. The van der Waals surface area contributed by atoms with Crippen LogP contribution in [-0.4, -0.2) is 40.0 Å². The number of carbonyl (C=O) groups excluding carboxylic acids is 2. The lowest BCUT2D eigenvalue weighted by Crippen LogP contribution is -2.41. The van der Waals surface area contributed by atoms with Gasteiger partial charge in [0.1, 0.15) is 5.75 Å². The van der Waals surface area contributed by atoms with Crippen LogP contribution in [0.2, 0.25) is 0 Å². The third-order valence-corrected chi connectivity index (χ3v) is 5.01. The van der Waals surface area contributed by atoms with Gasteiger partial charge in [0.2, 0.25) is 12.7 Å². The van der Waals surface area contributed by atoms with Crippen LogP contribution in [0.1, 0.15) is 23.7 Å². The minimum atomic E-state index is -0.466. The zero-order valence-electron chi connectivity index (χ0n) is 17.2. The minimum Gasteiger partial charge on any atom is -0.494 e. The second-order valence-electron chi connectivity index (χ2n) is 6.78. The maximum absolute atomic E-state index is 12.3. The van der Waals surface area contributed by atoms with Crippen LogP contribution in [0.25, 0.3) is 11.4 Å². The van der Waals surface area contributed by atoms with Crippen molar-refractivity contribution < 1.29 is 23.8 Å². The highest BCUT2D eigenvalue weighted by atomic mass is 32.1. The summed E-state index contributed by atoms with van der Waals surface area (Å²) >= 11 is 5.30. The molecule has 0 atom stereocenters. The molecule has 0 saturated carbocycles. The molecule has 1 aromatic heterocycles. The monoisotopic (exact) mass is 455 g/mol. The van der Waals surface area contributed by atoms with E-state index < -0.39 is 5.91 Å². The molecule has 1 aliphatic heterocycles. The molecule has 2 amide bonds. The number of ether oxygens (including phenoxy) is 3. The summed E-state index contributed by atoms with van der Waals surface area (Å²) in [4.78, 5) is 24.6.